The lowest BCUT2D eigenvalue weighted by molar-refractivity contribution is -0.152. The van der Waals surface area contributed by atoms with E-state index in [-0.39, 0.29) is 18.5 Å². The van der Waals surface area contributed by atoms with Gasteiger partial charge in [0.2, 0.25) is 0 Å². The summed E-state index contributed by atoms with van der Waals surface area (Å²) in [6.45, 7) is 0. The molecule has 0 radical (unpaired) electrons. The topological polar surface area (TPSA) is 63.6 Å². The molecule has 1 N–H and O–H groups in total. The van der Waals surface area contributed by atoms with Crippen LogP contribution in [0.25, 0.3) is 0 Å². The van der Waals surface area contributed by atoms with Crippen molar-refractivity contribution < 1.29 is 19.4 Å². The van der Waals surface area contributed by atoms with Crippen molar-refractivity contribution in [2.75, 3.05) is 0 Å². The van der Waals surface area contributed by atoms with Crippen LogP contribution in [-0.2, 0) is 14.3 Å². The van der Waals surface area contributed by atoms with E-state index in [1.165, 1.54) is 0 Å². The molecular formula is C10H16O4. The van der Waals surface area contributed by atoms with Gasteiger partial charge in [0, 0.05) is 12.8 Å². The Morgan fingerprint density at radius 2 is 2.21 bits per heavy atom. The third-order valence-electron chi connectivity index (χ3n) is 2.39. The number of hydrogen-bond acceptors (Lipinski definition) is 3. The first-order valence-electron chi connectivity index (χ1n) is 5.10. The van der Waals surface area contributed by atoms with Gasteiger partial charge in [0.1, 0.15) is 6.10 Å². The Hall–Kier alpha value is -1.06. The summed E-state index contributed by atoms with van der Waals surface area (Å²) in [5, 5.41) is 8.50. The summed E-state index contributed by atoms with van der Waals surface area (Å²) < 4.78 is 5.14. The molecule has 1 atom stereocenters. The van der Waals surface area contributed by atoms with Gasteiger partial charge >= 0.3 is 11.9 Å². The fourth-order valence-corrected chi connectivity index (χ4v) is 1.61. The third-order valence-corrected chi connectivity index (χ3v) is 2.39. The summed E-state index contributed by atoms with van der Waals surface area (Å²) in [5.74, 6) is -1.01. The van der Waals surface area contributed by atoms with E-state index in [1.54, 1.807) is 0 Å². The Labute approximate surface area is 83.2 Å². The maximum Gasteiger partial charge on any atom is 0.306 e. The Morgan fingerprint density at radius 1 is 1.43 bits per heavy atom. The molecule has 14 heavy (non-hydrogen) atoms. The van der Waals surface area contributed by atoms with Crippen LogP contribution in [0.3, 0.4) is 0 Å². The molecule has 4 nitrogen and oxygen atoms in total. The standard InChI is InChI=1S/C10H16O4/c11-9(12)7-6-8-4-2-1-3-5-10(13)14-8/h8H,1-7H2,(H,11,12). The highest BCUT2D eigenvalue weighted by atomic mass is 16.5. The van der Waals surface area contributed by atoms with Gasteiger partial charge in [-0.15, -0.1) is 0 Å². The van der Waals surface area contributed by atoms with Crippen molar-refractivity contribution in [2.45, 2.75) is 51.0 Å². The first-order valence-corrected chi connectivity index (χ1v) is 5.10. The quantitative estimate of drug-likeness (QED) is 0.704. The van der Waals surface area contributed by atoms with Gasteiger partial charge in [0.25, 0.3) is 0 Å². The Balaban J connectivity index is 2.32. The molecule has 0 aromatic heterocycles. The van der Waals surface area contributed by atoms with Gasteiger partial charge in [-0.25, -0.2) is 0 Å². The van der Waals surface area contributed by atoms with E-state index >= 15 is 0 Å². The van der Waals surface area contributed by atoms with Crippen LogP contribution in [0.5, 0.6) is 0 Å². The summed E-state index contributed by atoms with van der Waals surface area (Å²) in [7, 11) is 0. The molecular weight excluding hydrogens is 184 g/mol. The lowest BCUT2D eigenvalue weighted by atomic mass is 10.0. The van der Waals surface area contributed by atoms with Gasteiger partial charge in [-0.2, -0.15) is 0 Å². The number of carboxylic acids is 1. The molecule has 1 rings (SSSR count). The second-order valence-electron chi connectivity index (χ2n) is 3.64. The molecule has 1 aliphatic rings. The minimum absolute atomic E-state index is 0.0813. The average Bonchev–Trinajstić information content (AvgIpc) is 2.08. The molecule has 0 aliphatic carbocycles. The van der Waals surface area contributed by atoms with Crippen LogP contribution in [0.15, 0.2) is 0 Å². The van der Waals surface area contributed by atoms with Gasteiger partial charge in [-0.05, 0) is 25.7 Å². The van der Waals surface area contributed by atoms with Crippen molar-refractivity contribution >= 4 is 11.9 Å². The van der Waals surface area contributed by atoms with Crippen molar-refractivity contribution in [3.05, 3.63) is 0 Å². The zero-order chi connectivity index (χ0) is 10.4. The minimum atomic E-state index is -0.830. The molecule has 1 heterocycles. The van der Waals surface area contributed by atoms with E-state index in [4.69, 9.17) is 9.84 Å². The minimum Gasteiger partial charge on any atom is -0.481 e. The van der Waals surface area contributed by atoms with Crippen LogP contribution in [-0.4, -0.2) is 23.1 Å². The van der Waals surface area contributed by atoms with Crippen LogP contribution >= 0.6 is 0 Å². The zero-order valence-corrected chi connectivity index (χ0v) is 8.20. The summed E-state index contributed by atoms with van der Waals surface area (Å²) in [6.07, 6.45) is 4.58. The smallest absolute Gasteiger partial charge is 0.306 e. The zero-order valence-electron chi connectivity index (χ0n) is 8.20. The number of ether oxygens (including phenoxy) is 1. The van der Waals surface area contributed by atoms with Crippen LogP contribution < -0.4 is 0 Å². The lowest BCUT2D eigenvalue weighted by Gasteiger charge is -2.19. The average molecular weight is 200 g/mol. The highest BCUT2D eigenvalue weighted by molar-refractivity contribution is 5.70. The first kappa shape index (κ1) is 11.0. The van der Waals surface area contributed by atoms with Gasteiger partial charge in [-0.1, -0.05) is 6.42 Å². The molecule has 0 aromatic rings. The van der Waals surface area contributed by atoms with E-state index in [0.717, 1.165) is 25.7 Å². The second-order valence-corrected chi connectivity index (χ2v) is 3.64. The molecule has 0 bridgehead atoms. The number of rotatable bonds is 3. The Kier molecular flexibility index (Phi) is 4.43. The first-order chi connectivity index (χ1) is 6.68. The van der Waals surface area contributed by atoms with E-state index in [9.17, 15) is 9.59 Å². The summed E-state index contributed by atoms with van der Waals surface area (Å²) in [6, 6.07) is 0. The molecule has 0 saturated carbocycles. The predicted octanol–water partition coefficient (Wildman–Crippen LogP) is 1.73. The van der Waals surface area contributed by atoms with Crippen molar-refractivity contribution in [3.8, 4) is 0 Å². The van der Waals surface area contributed by atoms with Crippen molar-refractivity contribution in [3.63, 3.8) is 0 Å². The van der Waals surface area contributed by atoms with Gasteiger partial charge < -0.3 is 9.84 Å². The SMILES string of the molecule is O=C(O)CCC1CCCCCC(=O)O1. The van der Waals surface area contributed by atoms with Crippen molar-refractivity contribution in [1.29, 1.82) is 0 Å². The van der Waals surface area contributed by atoms with Gasteiger partial charge in [0.05, 0.1) is 0 Å². The second kappa shape index (κ2) is 5.62. The maximum absolute atomic E-state index is 11.1. The number of carbonyl (C=O) groups is 2. The fraction of sp³-hybridized carbons (Fsp3) is 0.800. The highest BCUT2D eigenvalue weighted by Crippen LogP contribution is 2.17. The normalized spacial score (nSPS) is 23.4. The monoisotopic (exact) mass is 200 g/mol. The molecule has 0 spiro atoms. The number of esters is 1. The Morgan fingerprint density at radius 3 is 2.93 bits per heavy atom. The largest absolute Gasteiger partial charge is 0.481 e. The third kappa shape index (κ3) is 4.25. The molecule has 1 saturated heterocycles. The van der Waals surface area contributed by atoms with Crippen LogP contribution in [0.4, 0.5) is 0 Å². The number of cyclic esters (lactones) is 1. The van der Waals surface area contributed by atoms with E-state index in [0.29, 0.717) is 12.8 Å². The number of aliphatic carboxylic acids is 1. The summed E-state index contributed by atoms with van der Waals surface area (Å²) in [5.41, 5.74) is 0. The van der Waals surface area contributed by atoms with E-state index < -0.39 is 5.97 Å². The summed E-state index contributed by atoms with van der Waals surface area (Å²) >= 11 is 0. The number of carbonyl (C=O) groups excluding carboxylic acids is 1. The molecule has 1 fully saturated rings. The molecule has 4 heteroatoms. The molecule has 0 amide bonds. The molecule has 1 unspecified atom stereocenters. The van der Waals surface area contributed by atoms with Crippen molar-refractivity contribution in [1.82, 2.24) is 0 Å². The molecule has 0 aromatic carbocycles. The number of carboxylic acid groups (broad SMARTS) is 1. The Bertz CT molecular complexity index is 212. The maximum atomic E-state index is 11.1. The van der Waals surface area contributed by atoms with Crippen molar-refractivity contribution in [2.24, 2.45) is 0 Å². The lowest BCUT2D eigenvalue weighted by Crippen LogP contribution is -2.21. The van der Waals surface area contributed by atoms with Gasteiger partial charge in [-0.3, -0.25) is 9.59 Å². The predicted molar refractivity (Wildman–Crippen MR) is 49.8 cm³/mol. The molecule has 80 valence electrons. The summed E-state index contributed by atoms with van der Waals surface area (Å²) in [4.78, 5) is 21.5. The highest BCUT2D eigenvalue weighted by Gasteiger charge is 2.17. The van der Waals surface area contributed by atoms with Crippen LogP contribution in [0.2, 0.25) is 0 Å². The molecule has 1 aliphatic heterocycles. The number of hydrogen-bond donors (Lipinski definition) is 1. The van der Waals surface area contributed by atoms with Gasteiger partial charge in [0.15, 0.2) is 0 Å². The van der Waals surface area contributed by atoms with E-state index in [1.807, 2.05) is 0 Å². The van der Waals surface area contributed by atoms with Crippen LogP contribution in [0, 0.1) is 0 Å². The van der Waals surface area contributed by atoms with E-state index in [2.05, 4.69) is 0 Å². The fourth-order valence-electron chi connectivity index (χ4n) is 1.61. The van der Waals surface area contributed by atoms with Crippen LogP contribution in [0.1, 0.15) is 44.9 Å².